The zero-order valence-electron chi connectivity index (χ0n) is 11.3. The smallest absolute Gasteiger partial charge is 0.232 e. The monoisotopic (exact) mass is 364 g/mol. The molecule has 3 rings (SSSR count). The van der Waals surface area contributed by atoms with E-state index in [4.69, 9.17) is 11.6 Å². The van der Waals surface area contributed by atoms with Crippen LogP contribution in [0.1, 0.15) is 29.9 Å². The van der Waals surface area contributed by atoms with E-state index in [9.17, 15) is 4.79 Å². The number of fused-ring (bicyclic) bond motifs is 1. The number of pyridine rings is 1. The summed E-state index contributed by atoms with van der Waals surface area (Å²) in [5, 5.41) is 3.20. The van der Waals surface area contributed by atoms with Gasteiger partial charge in [-0.3, -0.25) is 4.79 Å². The molecule has 0 fully saturated rings. The summed E-state index contributed by atoms with van der Waals surface area (Å²) in [5.74, 6) is -0.144. The molecule has 1 aromatic carbocycles. The molecule has 3 nitrogen and oxygen atoms in total. The zero-order valence-corrected chi connectivity index (χ0v) is 13.6. The van der Waals surface area contributed by atoms with Gasteiger partial charge < -0.3 is 5.32 Å². The molecular weight excluding hydrogens is 352 g/mol. The third kappa shape index (κ3) is 3.11. The average molecular weight is 366 g/mol. The minimum atomic E-state index is -0.120. The van der Waals surface area contributed by atoms with Gasteiger partial charge in [0.2, 0.25) is 5.91 Å². The number of aromatic nitrogens is 1. The zero-order chi connectivity index (χ0) is 14.8. The van der Waals surface area contributed by atoms with Crippen LogP contribution in [-0.4, -0.2) is 10.9 Å². The van der Waals surface area contributed by atoms with Gasteiger partial charge in [-0.2, -0.15) is 0 Å². The minimum absolute atomic E-state index is 0.0241. The van der Waals surface area contributed by atoms with E-state index in [0.717, 1.165) is 29.3 Å². The fourth-order valence-corrected chi connectivity index (χ4v) is 3.24. The first-order valence-corrected chi connectivity index (χ1v) is 8.02. The Hall–Kier alpha value is -1.39. The van der Waals surface area contributed by atoms with Crippen molar-refractivity contribution in [2.24, 2.45) is 0 Å². The summed E-state index contributed by atoms with van der Waals surface area (Å²) in [7, 11) is 0. The molecule has 1 amide bonds. The van der Waals surface area contributed by atoms with Gasteiger partial charge in [0, 0.05) is 10.7 Å². The van der Waals surface area contributed by atoms with Crippen LogP contribution >= 0.6 is 27.5 Å². The van der Waals surface area contributed by atoms with Gasteiger partial charge in [0.1, 0.15) is 0 Å². The van der Waals surface area contributed by atoms with Crippen LogP contribution in [0, 0.1) is 0 Å². The largest absolute Gasteiger partial charge is 0.323 e. The molecule has 0 bridgehead atoms. The second kappa shape index (κ2) is 6.16. The number of carbonyl (C=O) groups is 1. The molecule has 0 aliphatic heterocycles. The molecule has 1 atom stereocenters. The molecule has 0 saturated carbocycles. The first kappa shape index (κ1) is 14.5. The molecule has 5 heteroatoms. The summed E-state index contributed by atoms with van der Waals surface area (Å²) >= 11 is 9.37. The molecule has 0 spiro atoms. The number of carbonyl (C=O) groups excluding carboxylic acids is 1. The normalized spacial score (nSPS) is 17.1. The molecule has 21 heavy (non-hydrogen) atoms. The molecule has 1 heterocycles. The van der Waals surface area contributed by atoms with Gasteiger partial charge in [0.25, 0.3) is 0 Å². The fraction of sp³-hybridized carbons (Fsp3) is 0.250. The number of nitrogens with zero attached hydrogens (tertiary/aromatic N) is 1. The van der Waals surface area contributed by atoms with Crippen LogP contribution in [0.3, 0.4) is 0 Å². The molecule has 1 unspecified atom stereocenters. The molecule has 2 aromatic rings. The van der Waals surface area contributed by atoms with Crippen LogP contribution in [0.2, 0.25) is 5.15 Å². The Bertz CT molecular complexity index is 690. The number of hydrogen-bond acceptors (Lipinski definition) is 2. The van der Waals surface area contributed by atoms with Gasteiger partial charge >= 0.3 is 0 Å². The van der Waals surface area contributed by atoms with Crippen molar-refractivity contribution in [2.75, 3.05) is 5.32 Å². The van der Waals surface area contributed by atoms with Crippen LogP contribution in [0.15, 0.2) is 41.0 Å². The van der Waals surface area contributed by atoms with Crippen LogP contribution in [-0.2, 0) is 11.2 Å². The lowest BCUT2D eigenvalue weighted by molar-refractivity contribution is -0.117. The van der Waals surface area contributed by atoms with E-state index in [1.807, 2.05) is 18.2 Å². The van der Waals surface area contributed by atoms with Crippen molar-refractivity contribution < 1.29 is 4.79 Å². The summed E-state index contributed by atoms with van der Waals surface area (Å²) < 4.78 is 0.784. The number of aryl methyl sites for hydroxylation is 1. The number of benzene rings is 1. The summed E-state index contributed by atoms with van der Waals surface area (Å²) in [5.41, 5.74) is 2.93. The topological polar surface area (TPSA) is 42.0 Å². The van der Waals surface area contributed by atoms with E-state index in [0.29, 0.717) is 10.8 Å². The number of halogens is 2. The summed E-state index contributed by atoms with van der Waals surface area (Å²) in [6.45, 7) is 0. The second-order valence-corrected chi connectivity index (χ2v) is 6.40. The Morgan fingerprint density at radius 1 is 1.38 bits per heavy atom. The Morgan fingerprint density at radius 3 is 3.05 bits per heavy atom. The quantitative estimate of drug-likeness (QED) is 0.793. The van der Waals surface area contributed by atoms with Crippen LogP contribution in [0.4, 0.5) is 5.69 Å². The van der Waals surface area contributed by atoms with E-state index in [2.05, 4.69) is 32.3 Å². The Balaban J connectivity index is 1.85. The number of hydrogen-bond donors (Lipinski definition) is 1. The maximum Gasteiger partial charge on any atom is 0.232 e. The minimum Gasteiger partial charge on any atom is -0.323 e. The standard InChI is InChI=1S/C16H14BrClN2O/c17-11-8-14(15(18)19-9-11)20-16(21)13-7-3-5-10-4-1-2-6-12(10)13/h1-2,4,6,8-9,13H,3,5,7H2,(H,20,21). The van der Waals surface area contributed by atoms with E-state index in [-0.39, 0.29) is 11.8 Å². The lowest BCUT2D eigenvalue weighted by atomic mass is 9.82. The summed E-state index contributed by atoms with van der Waals surface area (Å²) in [6, 6.07) is 9.91. The number of rotatable bonds is 2. The first-order valence-electron chi connectivity index (χ1n) is 6.85. The van der Waals surface area contributed by atoms with Crippen LogP contribution in [0.5, 0.6) is 0 Å². The summed E-state index contributed by atoms with van der Waals surface area (Å²) in [4.78, 5) is 16.6. The lowest BCUT2D eigenvalue weighted by Crippen LogP contribution is -2.24. The maximum absolute atomic E-state index is 12.6. The van der Waals surface area contributed by atoms with E-state index in [1.54, 1.807) is 12.3 Å². The van der Waals surface area contributed by atoms with Gasteiger partial charge in [-0.25, -0.2) is 4.98 Å². The number of amides is 1. The highest BCUT2D eigenvalue weighted by molar-refractivity contribution is 9.10. The van der Waals surface area contributed by atoms with Gasteiger partial charge in [0.15, 0.2) is 5.15 Å². The molecule has 108 valence electrons. The predicted octanol–water partition coefficient (Wildman–Crippen LogP) is 4.56. The predicted molar refractivity (Wildman–Crippen MR) is 87.7 cm³/mol. The first-order chi connectivity index (χ1) is 10.1. The molecule has 1 aliphatic carbocycles. The van der Waals surface area contributed by atoms with Crippen molar-refractivity contribution in [3.63, 3.8) is 0 Å². The molecule has 1 aromatic heterocycles. The molecule has 0 radical (unpaired) electrons. The van der Waals surface area contributed by atoms with E-state index >= 15 is 0 Å². The van der Waals surface area contributed by atoms with Gasteiger partial charge in [-0.15, -0.1) is 0 Å². The van der Waals surface area contributed by atoms with Crippen molar-refractivity contribution in [1.82, 2.24) is 4.98 Å². The Kier molecular flexibility index (Phi) is 4.27. The van der Waals surface area contributed by atoms with E-state index < -0.39 is 0 Å². The van der Waals surface area contributed by atoms with E-state index in [1.165, 1.54) is 5.56 Å². The van der Waals surface area contributed by atoms with Crippen molar-refractivity contribution in [3.8, 4) is 0 Å². The summed E-state index contributed by atoms with van der Waals surface area (Å²) in [6.07, 6.45) is 4.54. The van der Waals surface area contributed by atoms with Crippen molar-refractivity contribution in [2.45, 2.75) is 25.2 Å². The van der Waals surface area contributed by atoms with Crippen molar-refractivity contribution in [1.29, 1.82) is 0 Å². The van der Waals surface area contributed by atoms with Gasteiger partial charge in [0.05, 0.1) is 11.6 Å². The highest BCUT2D eigenvalue weighted by Crippen LogP contribution is 2.33. The number of nitrogens with one attached hydrogen (secondary N) is 1. The molecule has 1 aliphatic rings. The lowest BCUT2D eigenvalue weighted by Gasteiger charge is -2.24. The highest BCUT2D eigenvalue weighted by Gasteiger charge is 2.26. The third-order valence-corrected chi connectivity index (χ3v) is 4.48. The highest BCUT2D eigenvalue weighted by atomic mass is 79.9. The van der Waals surface area contributed by atoms with Crippen LogP contribution < -0.4 is 5.32 Å². The Labute approximate surface area is 136 Å². The Morgan fingerprint density at radius 2 is 2.19 bits per heavy atom. The van der Waals surface area contributed by atoms with Crippen molar-refractivity contribution in [3.05, 3.63) is 57.3 Å². The molecule has 0 saturated heterocycles. The maximum atomic E-state index is 12.6. The molecular formula is C16H14BrClN2O. The molecule has 1 N–H and O–H groups in total. The fourth-order valence-electron chi connectivity index (χ4n) is 2.76. The van der Waals surface area contributed by atoms with Crippen LogP contribution in [0.25, 0.3) is 0 Å². The van der Waals surface area contributed by atoms with Gasteiger partial charge in [-0.1, -0.05) is 35.9 Å². The third-order valence-electron chi connectivity index (χ3n) is 3.75. The van der Waals surface area contributed by atoms with Crippen molar-refractivity contribution >= 4 is 39.1 Å². The SMILES string of the molecule is O=C(Nc1cc(Br)cnc1Cl)C1CCCc2ccccc21. The average Bonchev–Trinajstić information content (AvgIpc) is 2.50. The second-order valence-electron chi connectivity index (χ2n) is 5.12. The number of anilines is 1. The van der Waals surface area contributed by atoms with Gasteiger partial charge in [-0.05, 0) is 52.4 Å².